The maximum Gasteiger partial charge on any atom is 0.348 e. The number of hydrogen-bond donors (Lipinski definition) is 1. The highest BCUT2D eigenvalue weighted by Crippen LogP contribution is 2.28. The lowest BCUT2D eigenvalue weighted by atomic mass is 10.2. The Morgan fingerprint density at radius 1 is 1.29 bits per heavy atom. The average molecular weight is 351 g/mol. The molecule has 0 aromatic carbocycles. The molecule has 7 nitrogen and oxygen atoms in total. The largest absolute Gasteiger partial charge is 0.461 e. The molecule has 2 heterocycles. The second kappa shape index (κ2) is 6.72. The maximum absolute atomic E-state index is 12.8. The van der Waals surface area contributed by atoms with E-state index in [4.69, 9.17) is 10.5 Å². The number of ether oxygens (including phenoxy) is 1. The minimum absolute atomic E-state index is 0.220. The first-order valence-corrected chi connectivity index (χ1v) is 8.45. The number of hydrogen-bond acceptors (Lipinski definition) is 6. The summed E-state index contributed by atoms with van der Waals surface area (Å²) in [6, 6.07) is -0.815. The van der Waals surface area contributed by atoms with Crippen molar-refractivity contribution in [1.82, 2.24) is 9.55 Å². The summed E-state index contributed by atoms with van der Waals surface area (Å²) in [4.78, 5) is 41.7. The Hall–Kier alpha value is -2.22. The van der Waals surface area contributed by atoms with Gasteiger partial charge < -0.3 is 10.5 Å². The van der Waals surface area contributed by atoms with Crippen LogP contribution in [0.3, 0.4) is 0 Å². The highest BCUT2D eigenvalue weighted by molar-refractivity contribution is 7.20. The van der Waals surface area contributed by atoms with E-state index in [-0.39, 0.29) is 11.5 Å². The number of esters is 1. The number of aryl methyl sites for hydroxylation is 2. The van der Waals surface area contributed by atoms with E-state index >= 15 is 0 Å². The van der Waals surface area contributed by atoms with Crippen molar-refractivity contribution in [2.75, 3.05) is 6.61 Å². The highest BCUT2D eigenvalue weighted by Gasteiger charge is 2.24. The summed E-state index contributed by atoms with van der Waals surface area (Å²) in [6.07, 6.45) is 0. The zero-order valence-corrected chi connectivity index (χ0v) is 15.2. The van der Waals surface area contributed by atoms with Crippen LogP contribution in [0.2, 0.25) is 0 Å². The van der Waals surface area contributed by atoms with Gasteiger partial charge >= 0.3 is 5.97 Å². The summed E-state index contributed by atoms with van der Waals surface area (Å²) in [6.45, 7) is 9.06. The lowest BCUT2D eigenvalue weighted by molar-refractivity contribution is -0.120. The van der Waals surface area contributed by atoms with Crippen LogP contribution >= 0.6 is 11.3 Å². The van der Waals surface area contributed by atoms with E-state index < -0.39 is 17.9 Å². The number of rotatable bonds is 5. The number of nitrogens with two attached hydrogens (primary N) is 1. The average Bonchev–Trinajstić information content (AvgIpc) is 2.81. The van der Waals surface area contributed by atoms with E-state index in [1.165, 1.54) is 4.57 Å². The van der Waals surface area contributed by atoms with Crippen LogP contribution in [0.25, 0.3) is 10.2 Å². The molecule has 8 heteroatoms. The van der Waals surface area contributed by atoms with Gasteiger partial charge in [0, 0.05) is 0 Å². The monoisotopic (exact) mass is 351 g/mol. The van der Waals surface area contributed by atoms with E-state index in [1.54, 1.807) is 20.8 Å². The van der Waals surface area contributed by atoms with Gasteiger partial charge in [-0.05, 0) is 32.3 Å². The molecule has 1 atom stereocenters. The lowest BCUT2D eigenvalue weighted by Gasteiger charge is -2.14. The minimum Gasteiger partial charge on any atom is -0.461 e. The number of aromatic nitrogens is 2. The summed E-state index contributed by atoms with van der Waals surface area (Å²) < 4.78 is 6.50. The van der Waals surface area contributed by atoms with Crippen LogP contribution in [0.1, 0.15) is 47.9 Å². The van der Waals surface area contributed by atoms with E-state index in [2.05, 4.69) is 4.98 Å². The van der Waals surface area contributed by atoms with Crippen LogP contribution in [-0.4, -0.2) is 28.0 Å². The van der Waals surface area contributed by atoms with Crippen LogP contribution in [0, 0.1) is 19.8 Å². The van der Waals surface area contributed by atoms with Crippen LogP contribution in [0.5, 0.6) is 0 Å². The predicted octanol–water partition coefficient (Wildman–Crippen LogP) is 1.93. The molecule has 0 aliphatic carbocycles. The van der Waals surface area contributed by atoms with Crippen LogP contribution in [0.4, 0.5) is 0 Å². The standard InChI is InChI=1S/C16H21N3O4S/c1-7(2)6-23-16(22)12-8(3)11-14(24-12)18-10(5)19(15(11)21)9(4)13(17)20/h7,9H,6H2,1-5H3,(H2,17,20). The Bertz CT molecular complexity index is 866. The maximum atomic E-state index is 12.8. The molecule has 0 radical (unpaired) electrons. The van der Waals surface area contributed by atoms with Crippen molar-refractivity contribution in [3.8, 4) is 0 Å². The van der Waals surface area contributed by atoms with Gasteiger partial charge in [0.2, 0.25) is 5.91 Å². The fourth-order valence-electron chi connectivity index (χ4n) is 2.38. The Labute approximate surface area is 143 Å². The highest BCUT2D eigenvalue weighted by atomic mass is 32.1. The third-order valence-corrected chi connectivity index (χ3v) is 4.87. The molecule has 1 unspecified atom stereocenters. The molecule has 0 aliphatic rings. The fraction of sp³-hybridized carbons (Fsp3) is 0.500. The SMILES string of the molecule is Cc1c(C(=O)OCC(C)C)sc2nc(C)n(C(C)C(N)=O)c(=O)c12. The number of thiophene rings is 1. The molecule has 0 spiro atoms. The number of nitrogens with zero attached hydrogens (tertiary/aromatic N) is 2. The second-order valence-electron chi connectivity index (χ2n) is 6.14. The van der Waals surface area contributed by atoms with Crippen LogP contribution < -0.4 is 11.3 Å². The Morgan fingerprint density at radius 3 is 2.46 bits per heavy atom. The summed E-state index contributed by atoms with van der Waals surface area (Å²) >= 11 is 1.13. The van der Waals surface area contributed by atoms with Gasteiger partial charge in [-0.15, -0.1) is 11.3 Å². The molecule has 0 saturated carbocycles. The van der Waals surface area contributed by atoms with Gasteiger partial charge in [0.25, 0.3) is 5.56 Å². The van der Waals surface area contributed by atoms with E-state index in [0.717, 1.165) is 11.3 Å². The van der Waals surface area contributed by atoms with Crippen molar-refractivity contribution in [2.24, 2.45) is 11.7 Å². The number of carbonyl (C=O) groups is 2. The molecule has 0 saturated heterocycles. The van der Waals surface area contributed by atoms with Gasteiger partial charge in [-0.3, -0.25) is 14.2 Å². The summed E-state index contributed by atoms with van der Waals surface area (Å²) in [5, 5.41) is 0.329. The molecule has 0 aliphatic heterocycles. The van der Waals surface area contributed by atoms with Gasteiger partial charge in [0.15, 0.2) is 0 Å². The van der Waals surface area contributed by atoms with Crippen molar-refractivity contribution in [3.63, 3.8) is 0 Å². The zero-order chi connectivity index (χ0) is 18.2. The topological polar surface area (TPSA) is 104 Å². The molecule has 1 amide bonds. The van der Waals surface area contributed by atoms with Crippen LogP contribution in [0.15, 0.2) is 4.79 Å². The molecule has 130 valence electrons. The number of fused-ring (bicyclic) bond motifs is 1. The minimum atomic E-state index is -0.815. The summed E-state index contributed by atoms with van der Waals surface area (Å²) in [7, 11) is 0. The van der Waals surface area contributed by atoms with E-state index in [0.29, 0.717) is 33.1 Å². The first-order chi connectivity index (χ1) is 11.1. The quantitative estimate of drug-likeness (QED) is 0.829. The molecule has 2 rings (SSSR count). The van der Waals surface area contributed by atoms with Gasteiger partial charge in [-0.1, -0.05) is 13.8 Å². The summed E-state index contributed by atoms with van der Waals surface area (Å²) in [5.74, 6) is -0.485. The molecule has 2 aromatic rings. The fourth-order valence-corrected chi connectivity index (χ4v) is 3.49. The van der Waals surface area contributed by atoms with Crippen LogP contribution in [-0.2, 0) is 9.53 Å². The molecule has 2 aromatic heterocycles. The zero-order valence-electron chi connectivity index (χ0n) is 14.4. The van der Waals surface area contributed by atoms with Crippen molar-refractivity contribution in [1.29, 1.82) is 0 Å². The van der Waals surface area contributed by atoms with Gasteiger partial charge in [0.1, 0.15) is 21.6 Å². The van der Waals surface area contributed by atoms with Gasteiger partial charge in [-0.2, -0.15) is 0 Å². The summed E-state index contributed by atoms with van der Waals surface area (Å²) in [5.41, 5.74) is 5.46. The lowest BCUT2D eigenvalue weighted by Crippen LogP contribution is -2.34. The number of primary amides is 1. The Kier molecular flexibility index (Phi) is 5.08. The molecule has 24 heavy (non-hydrogen) atoms. The normalized spacial score (nSPS) is 12.6. The third-order valence-electron chi connectivity index (χ3n) is 3.71. The molecule has 0 bridgehead atoms. The first-order valence-electron chi connectivity index (χ1n) is 7.63. The smallest absolute Gasteiger partial charge is 0.348 e. The van der Waals surface area contributed by atoms with Crippen molar-refractivity contribution < 1.29 is 14.3 Å². The predicted molar refractivity (Wildman–Crippen MR) is 92.4 cm³/mol. The third kappa shape index (κ3) is 3.19. The second-order valence-corrected chi connectivity index (χ2v) is 7.14. The molecule has 2 N–H and O–H groups in total. The van der Waals surface area contributed by atoms with Crippen molar-refractivity contribution >= 4 is 33.4 Å². The molecular formula is C16H21N3O4S. The van der Waals surface area contributed by atoms with E-state index in [1.807, 2.05) is 13.8 Å². The Morgan fingerprint density at radius 2 is 1.92 bits per heavy atom. The van der Waals surface area contributed by atoms with Gasteiger partial charge in [0.05, 0.1) is 12.0 Å². The van der Waals surface area contributed by atoms with Crippen molar-refractivity contribution in [2.45, 2.75) is 40.7 Å². The van der Waals surface area contributed by atoms with Gasteiger partial charge in [-0.25, -0.2) is 9.78 Å². The number of carbonyl (C=O) groups excluding carboxylic acids is 2. The molecular weight excluding hydrogens is 330 g/mol. The van der Waals surface area contributed by atoms with Crippen molar-refractivity contribution in [3.05, 3.63) is 26.6 Å². The van der Waals surface area contributed by atoms with E-state index in [9.17, 15) is 14.4 Å². The Balaban J connectivity index is 2.60. The number of amides is 1. The molecule has 0 fully saturated rings. The first kappa shape index (κ1) is 18.1.